The zero-order valence-corrected chi connectivity index (χ0v) is 18.1. The molecule has 0 aromatic rings. The summed E-state index contributed by atoms with van der Waals surface area (Å²) in [4.78, 5) is 11.4. The maximum absolute atomic E-state index is 11.4. The van der Waals surface area contributed by atoms with Crippen molar-refractivity contribution in [1.82, 2.24) is 0 Å². The second-order valence-electron chi connectivity index (χ2n) is 7.83. The van der Waals surface area contributed by atoms with E-state index >= 15 is 0 Å². The third-order valence-corrected chi connectivity index (χ3v) is 4.94. The number of aliphatic hydroxyl groups excluding tert-OH is 3. The summed E-state index contributed by atoms with van der Waals surface area (Å²) in [6.07, 6.45) is 12.4. The maximum atomic E-state index is 11.4. The number of hydrogen-bond donors (Lipinski definition) is 4. The van der Waals surface area contributed by atoms with E-state index in [2.05, 4.69) is 13.8 Å². The van der Waals surface area contributed by atoms with E-state index in [4.69, 9.17) is 0 Å². The van der Waals surface area contributed by atoms with E-state index in [1.165, 1.54) is 0 Å². The highest BCUT2D eigenvalue weighted by Gasteiger charge is 2.31. The number of nitrogens with zero attached hydrogens (tertiary/aromatic N) is 1. The van der Waals surface area contributed by atoms with Gasteiger partial charge in [0.2, 0.25) is 0 Å². The topological polar surface area (TPSA) is 98.0 Å². The van der Waals surface area contributed by atoms with Crippen LogP contribution in [0.1, 0.15) is 85.0 Å². The molecule has 0 bridgehead atoms. The number of allylic oxidation sites excluding steroid dienone is 2. The average molecular weight is 401 g/mol. The molecule has 0 amide bonds. The van der Waals surface area contributed by atoms with Gasteiger partial charge in [-0.15, -0.1) is 0 Å². The number of aliphatic hydroxyl groups is 3. The lowest BCUT2D eigenvalue weighted by atomic mass is 10.1. The van der Waals surface area contributed by atoms with Crippen LogP contribution >= 0.6 is 0 Å². The first-order valence-electron chi connectivity index (χ1n) is 10.8. The molecule has 0 aromatic carbocycles. The summed E-state index contributed by atoms with van der Waals surface area (Å²) in [6.45, 7) is 6.04. The largest absolute Gasteiger partial charge is 0.507 e. The van der Waals surface area contributed by atoms with Crippen LogP contribution < -0.4 is 0 Å². The van der Waals surface area contributed by atoms with Crippen LogP contribution in [0.2, 0.25) is 0 Å². The zero-order chi connectivity index (χ0) is 21.4. The standard InChI is InChI=1S/C22H41NO5/c1-4-6-8-10-12-20(25)17-23(14-15-24,16-19(3)22(27)28)18-21(26)13-11-9-7-5-2/h17-19,24H,4-16H2,1-3H3,(H2-,25,26,27,28)/p+1/b20-17-,21-18-. The molecule has 0 saturated heterocycles. The molecule has 0 aliphatic heterocycles. The Morgan fingerprint density at radius 2 is 1.32 bits per heavy atom. The van der Waals surface area contributed by atoms with Crippen LogP contribution in [0, 0.1) is 5.92 Å². The summed E-state index contributed by atoms with van der Waals surface area (Å²) < 4.78 is -0.0663. The van der Waals surface area contributed by atoms with Gasteiger partial charge >= 0.3 is 5.97 Å². The molecule has 28 heavy (non-hydrogen) atoms. The first kappa shape index (κ1) is 26.5. The van der Waals surface area contributed by atoms with Crippen molar-refractivity contribution in [3.05, 3.63) is 23.9 Å². The molecule has 0 heterocycles. The molecule has 0 aliphatic carbocycles. The summed E-state index contributed by atoms with van der Waals surface area (Å²) in [5.41, 5.74) is 0. The van der Waals surface area contributed by atoms with Gasteiger partial charge in [0.05, 0.1) is 6.61 Å². The predicted molar refractivity (Wildman–Crippen MR) is 113 cm³/mol. The zero-order valence-electron chi connectivity index (χ0n) is 18.1. The number of unbranched alkanes of at least 4 members (excludes halogenated alkanes) is 6. The first-order chi connectivity index (χ1) is 13.3. The first-order valence-corrected chi connectivity index (χ1v) is 10.8. The molecule has 0 radical (unpaired) electrons. The van der Waals surface area contributed by atoms with Crippen LogP contribution in [0.3, 0.4) is 0 Å². The maximum Gasteiger partial charge on any atom is 0.311 e. The fourth-order valence-electron chi connectivity index (χ4n) is 3.33. The van der Waals surface area contributed by atoms with Gasteiger partial charge < -0.3 is 20.4 Å². The fraction of sp³-hybridized carbons (Fsp3) is 0.773. The van der Waals surface area contributed by atoms with Crippen molar-refractivity contribution in [1.29, 1.82) is 0 Å². The Hall–Kier alpha value is -1.53. The van der Waals surface area contributed by atoms with Crippen LogP contribution in [0.5, 0.6) is 0 Å². The van der Waals surface area contributed by atoms with Gasteiger partial charge in [-0.2, -0.15) is 0 Å². The normalized spacial score (nSPS) is 16.0. The van der Waals surface area contributed by atoms with Crippen molar-refractivity contribution in [2.24, 2.45) is 5.92 Å². The van der Waals surface area contributed by atoms with Crippen LogP contribution in [0.4, 0.5) is 0 Å². The van der Waals surface area contributed by atoms with E-state index in [0.717, 1.165) is 51.4 Å². The van der Waals surface area contributed by atoms with Crippen molar-refractivity contribution < 1.29 is 29.7 Å². The lowest BCUT2D eigenvalue weighted by Crippen LogP contribution is -2.45. The van der Waals surface area contributed by atoms with E-state index < -0.39 is 11.9 Å². The monoisotopic (exact) mass is 400 g/mol. The summed E-state index contributed by atoms with van der Waals surface area (Å²) in [5, 5.41) is 39.8. The molecule has 0 fully saturated rings. The van der Waals surface area contributed by atoms with E-state index in [-0.39, 0.29) is 35.7 Å². The minimum absolute atomic E-state index is 0.0663. The number of carboxylic acid groups (broad SMARTS) is 1. The molecule has 0 saturated carbocycles. The van der Waals surface area contributed by atoms with Gasteiger partial charge in [-0.1, -0.05) is 52.4 Å². The van der Waals surface area contributed by atoms with E-state index in [9.17, 15) is 25.2 Å². The molecule has 1 atom stereocenters. The third kappa shape index (κ3) is 12.0. The highest BCUT2D eigenvalue weighted by Crippen LogP contribution is 2.21. The molecule has 0 aliphatic rings. The molecular weight excluding hydrogens is 358 g/mol. The number of hydrogen-bond acceptors (Lipinski definition) is 4. The highest BCUT2D eigenvalue weighted by atomic mass is 16.4. The Balaban J connectivity index is 5.46. The smallest absolute Gasteiger partial charge is 0.311 e. The quantitative estimate of drug-likeness (QED) is 0.152. The Labute approximate surface area is 170 Å². The van der Waals surface area contributed by atoms with Crippen LogP contribution in [0.15, 0.2) is 23.9 Å². The number of rotatable bonds is 17. The molecule has 6 heteroatoms. The molecule has 0 spiro atoms. The molecule has 4 N–H and O–H groups in total. The van der Waals surface area contributed by atoms with Gasteiger partial charge in [-0.25, -0.2) is 0 Å². The highest BCUT2D eigenvalue weighted by molar-refractivity contribution is 5.69. The van der Waals surface area contributed by atoms with Crippen molar-refractivity contribution in [3.63, 3.8) is 0 Å². The number of quaternary nitrogens is 1. The van der Waals surface area contributed by atoms with Gasteiger partial charge in [0.1, 0.15) is 42.9 Å². The molecule has 6 nitrogen and oxygen atoms in total. The van der Waals surface area contributed by atoms with E-state index in [0.29, 0.717) is 12.8 Å². The summed E-state index contributed by atoms with van der Waals surface area (Å²) in [7, 11) is 0. The molecule has 0 aromatic heterocycles. The van der Waals surface area contributed by atoms with E-state index in [1.807, 2.05) is 0 Å². The number of carboxylic acids is 1. The Kier molecular flexibility index (Phi) is 14.6. The van der Waals surface area contributed by atoms with Crippen LogP contribution in [-0.2, 0) is 4.79 Å². The van der Waals surface area contributed by atoms with Gasteiger partial charge in [0.25, 0.3) is 0 Å². The van der Waals surface area contributed by atoms with Gasteiger partial charge in [-0.05, 0) is 19.8 Å². The lowest BCUT2D eigenvalue weighted by Gasteiger charge is -2.32. The van der Waals surface area contributed by atoms with Crippen molar-refractivity contribution in [2.45, 2.75) is 85.0 Å². The predicted octanol–water partition coefficient (Wildman–Crippen LogP) is 5.26. The van der Waals surface area contributed by atoms with E-state index in [1.54, 1.807) is 19.3 Å². The molecule has 1 unspecified atom stereocenters. The van der Waals surface area contributed by atoms with Crippen molar-refractivity contribution >= 4 is 5.97 Å². The van der Waals surface area contributed by atoms with Gasteiger partial charge in [0, 0.05) is 12.8 Å². The fourth-order valence-corrected chi connectivity index (χ4v) is 3.33. The lowest BCUT2D eigenvalue weighted by molar-refractivity contribution is -0.833. The summed E-state index contributed by atoms with van der Waals surface area (Å²) >= 11 is 0. The summed E-state index contributed by atoms with van der Waals surface area (Å²) in [6, 6.07) is 0. The average Bonchev–Trinajstić information content (AvgIpc) is 2.62. The van der Waals surface area contributed by atoms with Crippen molar-refractivity contribution in [3.8, 4) is 0 Å². The minimum atomic E-state index is -0.938. The number of carbonyl (C=O) groups is 1. The molecule has 164 valence electrons. The van der Waals surface area contributed by atoms with Crippen molar-refractivity contribution in [2.75, 3.05) is 19.7 Å². The van der Waals surface area contributed by atoms with Gasteiger partial charge in [-0.3, -0.25) is 9.28 Å². The molecule has 0 rings (SSSR count). The van der Waals surface area contributed by atoms with Crippen LogP contribution in [-0.4, -0.2) is 50.6 Å². The number of aliphatic carboxylic acids is 1. The summed E-state index contributed by atoms with van der Waals surface area (Å²) in [5.74, 6) is -1.26. The molecular formula is C22H42NO5+. The van der Waals surface area contributed by atoms with Crippen LogP contribution in [0.25, 0.3) is 0 Å². The SMILES string of the molecule is CCCCCC/C(O)=C/[N+](/C=C(\O)CCCCCC)(CCO)CC(C)C(=O)O. The van der Waals surface area contributed by atoms with Gasteiger partial charge in [0.15, 0.2) is 0 Å². The Bertz CT molecular complexity index is 459. The second kappa shape index (κ2) is 15.4. The third-order valence-electron chi connectivity index (χ3n) is 4.94. The Morgan fingerprint density at radius 3 is 1.68 bits per heavy atom. The Morgan fingerprint density at radius 1 is 0.857 bits per heavy atom. The minimum Gasteiger partial charge on any atom is -0.507 e. The second-order valence-corrected chi connectivity index (χ2v) is 7.83.